The lowest BCUT2D eigenvalue weighted by molar-refractivity contribution is 0.0985. The fourth-order valence-corrected chi connectivity index (χ4v) is 3.07. The first kappa shape index (κ1) is 13.0. The molecule has 1 aromatic heterocycles. The average molecular weight is 258 g/mol. The number of benzene rings is 1. The van der Waals surface area contributed by atoms with Gasteiger partial charge in [-0.15, -0.1) is 11.3 Å². The lowest BCUT2D eigenvalue weighted by Crippen LogP contribution is -1.93. The van der Waals surface area contributed by atoms with E-state index in [1.165, 1.54) is 21.6 Å². The van der Waals surface area contributed by atoms with Gasteiger partial charge < -0.3 is 0 Å². The summed E-state index contributed by atoms with van der Waals surface area (Å²) in [5.74, 6) is 0.262. The molecule has 0 radical (unpaired) electrons. The van der Waals surface area contributed by atoms with Crippen molar-refractivity contribution >= 4 is 17.1 Å². The van der Waals surface area contributed by atoms with E-state index in [4.69, 9.17) is 0 Å². The maximum absolute atomic E-state index is 11.8. The third-order valence-electron chi connectivity index (χ3n) is 2.86. The molecule has 0 amide bonds. The van der Waals surface area contributed by atoms with Crippen molar-refractivity contribution in [3.8, 4) is 10.4 Å². The summed E-state index contributed by atoms with van der Waals surface area (Å²) in [5.41, 5.74) is 3.74. The maximum Gasteiger partial charge on any atom is 0.172 e. The number of carbonyl (C=O) groups excluding carboxylic acids is 1. The molecule has 18 heavy (non-hydrogen) atoms. The van der Waals surface area contributed by atoms with Crippen molar-refractivity contribution in [2.75, 3.05) is 0 Å². The van der Waals surface area contributed by atoms with E-state index in [-0.39, 0.29) is 5.78 Å². The van der Waals surface area contributed by atoms with Crippen molar-refractivity contribution in [1.29, 1.82) is 0 Å². The summed E-state index contributed by atoms with van der Waals surface area (Å²) in [6.07, 6.45) is 1.56. The first-order valence-corrected chi connectivity index (χ1v) is 7.13. The number of thiophene rings is 1. The zero-order valence-corrected chi connectivity index (χ0v) is 11.9. The van der Waals surface area contributed by atoms with Crippen LogP contribution in [0.2, 0.25) is 0 Å². The number of aryl methyl sites for hydroxylation is 2. The molecular weight excluding hydrogens is 240 g/mol. The van der Waals surface area contributed by atoms with Gasteiger partial charge in [-0.1, -0.05) is 36.2 Å². The number of hydrogen-bond donors (Lipinski definition) is 0. The molecule has 0 bridgehead atoms. The Hall–Kier alpha value is -1.41. The molecule has 0 fully saturated rings. The Bertz CT molecular complexity index is 546. The van der Waals surface area contributed by atoms with E-state index in [0.717, 1.165) is 11.3 Å². The standard InChI is InChI=1S/C16H18OS/c1-4-5-14(17)16-7-6-15(18-16)13-9-11(2)8-12(3)10-13/h6-10H,4-5H2,1-3H3. The highest BCUT2D eigenvalue weighted by molar-refractivity contribution is 7.17. The molecule has 2 aromatic rings. The van der Waals surface area contributed by atoms with Crippen LogP contribution in [-0.4, -0.2) is 5.78 Å². The quantitative estimate of drug-likeness (QED) is 0.704. The third kappa shape index (κ3) is 2.88. The molecule has 0 saturated heterocycles. The van der Waals surface area contributed by atoms with E-state index in [2.05, 4.69) is 38.1 Å². The second-order valence-electron chi connectivity index (χ2n) is 4.71. The molecule has 0 saturated carbocycles. The second kappa shape index (κ2) is 5.49. The molecule has 0 spiro atoms. The van der Waals surface area contributed by atoms with Gasteiger partial charge in [-0.05, 0) is 38.0 Å². The first-order chi connectivity index (χ1) is 8.60. The monoisotopic (exact) mass is 258 g/mol. The molecule has 0 aliphatic rings. The van der Waals surface area contributed by atoms with Gasteiger partial charge in [0.2, 0.25) is 0 Å². The van der Waals surface area contributed by atoms with Crippen LogP contribution in [0.15, 0.2) is 30.3 Å². The van der Waals surface area contributed by atoms with Crippen LogP contribution >= 0.6 is 11.3 Å². The van der Waals surface area contributed by atoms with Crippen LogP contribution in [0.4, 0.5) is 0 Å². The van der Waals surface area contributed by atoms with Gasteiger partial charge >= 0.3 is 0 Å². The van der Waals surface area contributed by atoms with E-state index >= 15 is 0 Å². The normalized spacial score (nSPS) is 10.6. The van der Waals surface area contributed by atoms with Crippen LogP contribution in [0.1, 0.15) is 40.6 Å². The Labute approximate surface area is 112 Å². The van der Waals surface area contributed by atoms with E-state index < -0.39 is 0 Å². The number of carbonyl (C=O) groups is 1. The Morgan fingerprint density at radius 2 is 1.78 bits per heavy atom. The van der Waals surface area contributed by atoms with E-state index in [1.54, 1.807) is 11.3 Å². The molecule has 1 nitrogen and oxygen atoms in total. The lowest BCUT2D eigenvalue weighted by atomic mass is 10.1. The topological polar surface area (TPSA) is 17.1 Å². The van der Waals surface area contributed by atoms with Crippen LogP contribution in [0.5, 0.6) is 0 Å². The highest BCUT2D eigenvalue weighted by Gasteiger charge is 2.09. The van der Waals surface area contributed by atoms with Crippen molar-refractivity contribution in [1.82, 2.24) is 0 Å². The van der Waals surface area contributed by atoms with Gasteiger partial charge in [0.05, 0.1) is 4.88 Å². The maximum atomic E-state index is 11.8. The highest BCUT2D eigenvalue weighted by atomic mass is 32.1. The minimum atomic E-state index is 0.262. The lowest BCUT2D eigenvalue weighted by Gasteiger charge is -2.02. The molecule has 0 unspecified atom stereocenters. The Balaban J connectivity index is 2.32. The van der Waals surface area contributed by atoms with E-state index in [0.29, 0.717) is 6.42 Å². The zero-order valence-electron chi connectivity index (χ0n) is 11.1. The Kier molecular flexibility index (Phi) is 3.97. The van der Waals surface area contributed by atoms with Crippen LogP contribution in [0.3, 0.4) is 0 Å². The molecule has 2 heteroatoms. The summed E-state index contributed by atoms with van der Waals surface area (Å²) < 4.78 is 0. The van der Waals surface area contributed by atoms with Crippen molar-refractivity contribution in [3.63, 3.8) is 0 Å². The van der Waals surface area contributed by atoms with Gasteiger partial charge in [-0.3, -0.25) is 4.79 Å². The van der Waals surface area contributed by atoms with Gasteiger partial charge in [0, 0.05) is 11.3 Å². The minimum Gasteiger partial charge on any atom is -0.293 e. The molecule has 1 aromatic carbocycles. The predicted octanol–water partition coefficient (Wildman–Crippen LogP) is 5.01. The van der Waals surface area contributed by atoms with Crippen LogP contribution in [0, 0.1) is 13.8 Å². The number of Topliss-reactive ketones (excluding diaryl/α,β-unsaturated/α-hetero) is 1. The van der Waals surface area contributed by atoms with Gasteiger partial charge in [-0.2, -0.15) is 0 Å². The molecular formula is C16H18OS. The molecule has 0 aliphatic heterocycles. The van der Waals surface area contributed by atoms with Crippen LogP contribution in [0.25, 0.3) is 10.4 Å². The third-order valence-corrected chi connectivity index (χ3v) is 4.04. The Morgan fingerprint density at radius 1 is 1.11 bits per heavy atom. The van der Waals surface area contributed by atoms with Gasteiger partial charge in [0.25, 0.3) is 0 Å². The van der Waals surface area contributed by atoms with Crippen molar-refractivity contribution < 1.29 is 4.79 Å². The second-order valence-corrected chi connectivity index (χ2v) is 5.80. The fourth-order valence-electron chi connectivity index (χ4n) is 2.11. The van der Waals surface area contributed by atoms with E-state index in [9.17, 15) is 4.79 Å². The summed E-state index contributed by atoms with van der Waals surface area (Å²) >= 11 is 1.60. The Morgan fingerprint density at radius 3 is 2.39 bits per heavy atom. The van der Waals surface area contributed by atoms with Gasteiger partial charge in [0.1, 0.15) is 0 Å². The van der Waals surface area contributed by atoms with Crippen LogP contribution < -0.4 is 0 Å². The molecule has 2 rings (SSSR count). The summed E-state index contributed by atoms with van der Waals surface area (Å²) in [6, 6.07) is 10.5. The predicted molar refractivity (Wildman–Crippen MR) is 78.5 cm³/mol. The smallest absolute Gasteiger partial charge is 0.172 e. The first-order valence-electron chi connectivity index (χ1n) is 6.32. The van der Waals surface area contributed by atoms with Crippen molar-refractivity contribution in [2.24, 2.45) is 0 Å². The average Bonchev–Trinajstić information content (AvgIpc) is 2.77. The molecule has 0 aliphatic carbocycles. The van der Waals surface area contributed by atoms with Gasteiger partial charge in [-0.25, -0.2) is 0 Å². The van der Waals surface area contributed by atoms with Crippen LogP contribution in [-0.2, 0) is 0 Å². The summed E-state index contributed by atoms with van der Waals surface area (Å²) in [7, 11) is 0. The molecule has 94 valence electrons. The molecule has 0 atom stereocenters. The molecule has 0 N–H and O–H groups in total. The molecule has 1 heterocycles. The van der Waals surface area contributed by atoms with E-state index in [1.807, 2.05) is 13.0 Å². The zero-order chi connectivity index (χ0) is 13.1. The van der Waals surface area contributed by atoms with Gasteiger partial charge in [0.15, 0.2) is 5.78 Å². The fraction of sp³-hybridized carbons (Fsp3) is 0.312. The SMILES string of the molecule is CCCC(=O)c1ccc(-c2cc(C)cc(C)c2)s1. The van der Waals surface area contributed by atoms with Crippen molar-refractivity contribution in [3.05, 3.63) is 46.3 Å². The minimum absolute atomic E-state index is 0.262. The summed E-state index contributed by atoms with van der Waals surface area (Å²) in [5, 5.41) is 0. The number of hydrogen-bond acceptors (Lipinski definition) is 2. The number of ketones is 1. The summed E-state index contributed by atoms with van der Waals surface area (Å²) in [6.45, 7) is 6.25. The number of rotatable bonds is 4. The van der Waals surface area contributed by atoms with Crippen molar-refractivity contribution in [2.45, 2.75) is 33.6 Å². The largest absolute Gasteiger partial charge is 0.293 e. The highest BCUT2D eigenvalue weighted by Crippen LogP contribution is 2.30. The summed E-state index contributed by atoms with van der Waals surface area (Å²) in [4.78, 5) is 13.9.